The largest absolute Gasteiger partial charge is 0.368 e. The zero-order chi connectivity index (χ0) is 19.2. The van der Waals surface area contributed by atoms with Gasteiger partial charge in [0, 0.05) is 63.2 Å². The third kappa shape index (κ3) is 4.31. The Kier molecular flexibility index (Phi) is 5.51. The molecule has 3 heterocycles. The fourth-order valence-electron chi connectivity index (χ4n) is 3.39. The van der Waals surface area contributed by atoms with Gasteiger partial charge in [-0.1, -0.05) is 12.1 Å². The number of rotatable bonds is 5. The first-order valence-electron chi connectivity index (χ1n) is 9.56. The van der Waals surface area contributed by atoms with Crippen molar-refractivity contribution in [3.63, 3.8) is 0 Å². The highest BCUT2D eigenvalue weighted by Gasteiger charge is 2.20. The van der Waals surface area contributed by atoms with E-state index < -0.39 is 0 Å². The second-order valence-corrected chi connectivity index (χ2v) is 6.78. The van der Waals surface area contributed by atoms with Crippen LogP contribution in [0.15, 0.2) is 67.3 Å². The number of carbonyl (C=O) groups is 1. The number of hydrogen-bond acceptors (Lipinski definition) is 4. The van der Waals surface area contributed by atoms with Gasteiger partial charge in [0.15, 0.2) is 0 Å². The number of carbonyl (C=O) groups excluding carboxylic acids is 1. The van der Waals surface area contributed by atoms with E-state index in [4.69, 9.17) is 0 Å². The molecule has 0 unspecified atom stereocenters. The third-order valence-electron chi connectivity index (χ3n) is 4.99. The van der Waals surface area contributed by atoms with E-state index in [9.17, 15) is 4.79 Å². The van der Waals surface area contributed by atoms with Crippen LogP contribution in [0, 0.1) is 0 Å². The molecule has 0 saturated carbocycles. The van der Waals surface area contributed by atoms with E-state index in [0.717, 1.165) is 44.0 Å². The lowest BCUT2D eigenvalue weighted by molar-refractivity contribution is 0.194. The lowest BCUT2D eigenvalue weighted by Crippen LogP contribution is -2.52. The highest BCUT2D eigenvalue weighted by Crippen LogP contribution is 2.14. The van der Waals surface area contributed by atoms with Crippen LogP contribution in [0.3, 0.4) is 0 Å². The van der Waals surface area contributed by atoms with Gasteiger partial charge in [0.2, 0.25) is 0 Å². The Morgan fingerprint density at radius 1 is 0.929 bits per heavy atom. The number of urea groups is 1. The maximum absolute atomic E-state index is 12.4. The summed E-state index contributed by atoms with van der Waals surface area (Å²) >= 11 is 0. The lowest BCUT2D eigenvalue weighted by Gasteiger charge is -2.36. The van der Waals surface area contributed by atoms with E-state index >= 15 is 0 Å². The molecule has 2 aromatic heterocycles. The molecule has 2 amide bonds. The smallest absolute Gasteiger partial charge is 0.317 e. The van der Waals surface area contributed by atoms with Gasteiger partial charge in [-0.2, -0.15) is 5.10 Å². The number of aromatic nitrogens is 3. The molecule has 144 valence electrons. The molecule has 1 aromatic carbocycles. The van der Waals surface area contributed by atoms with Crippen molar-refractivity contribution in [2.45, 2.75) is 6.42 Å². The molecule has 0 aliphatic carbocycles. The number of hydrogen-bond donors (Lipinski definition) is 1. The zero-order valence-corrected chi connectivity index (χ0v) is 15.7. The zero-order valence-electron chi connectivity index (χ0n) is 15.7. The van der Waals surface area contributed by atoms with Gasteiger partial charge in [-0.25, -0.2) is 9.48 Å². The van der Waals surface area contributed by atoms with Crippen molar-refractivity contribution >= 4 is 11.7 Å². The predicted octanol–water partition coefficient (Wildman–Crippen LogP) is 2.34. The first kappa shape index (κ1) is 18.0. The van der Waals surface area contributed by atoms with Gasteiger partial charge in [0.1, 0.15) is 0 Å². The Bertz CT molecular complexity index is 871. The van der Waals surface area contributed by atoms with Gasteiger partial charge in [0.05, 0.1) is 5.69 Å². The average molecular weight is 376 g/mol. The first-order valence-corrected chi connectivity index (χ1v) is 9.56. The molecule has 0 bridgehead atoms. The van der Waals surface area contributed by atoms with Crippen molar-refractivity contribution in [3.8, 4) is 5.69 Å². The van der Waals surface area contributed by atoms with Gasteiger partial charge in [-0.15, -0.1) is 0 Å². The van der Waals surface area contributed by atoms with Crippen molar-refractivity contribution in [2.24, 2.45) is 0 Å². The molecule has 1 aliphatic heterocycles. The van der Waals surface area contributed by atoms with Crippen LogP contribution in [0.4, 0.5) is 10.5 Å². The Morgan fingerprint density at radius 2 is 1.68 bits per heavy atom. The van der Waals surface area contributed by atoms with Gasteiger partial charge < -0.3 is 15.1 Å². The minimum atomic E-state index is 0.0162. The molecular formula is C21H24N6O. The summed E-state index contributed by atoms with van der Waals surface area (Å²) in [6.07, 6.45) is 8.10. The summed E-state index contributed by atoms with van der Waals surface area (Å²) in [6.45, 7) is 3.77. The van der Waals surface area contributed by atoms with Crippen molar-refractivity contribution in [1.29, 1.82) is 0 Å². The van der Waals surface area contributed by atoms with Gasteiger partial charge in [0.25, 0.3) is 0 Å². The molecule has 4 rings (SSSR count). The number of piperazine rings is 1. The fraction of sp³-hybridized carbons (Fsp3) is 0.286. The second-order valence-electron chi connectivity index (χ2n) is 6.78. The van der Waals surface area contributed by atoms with E-state index in [2.05, 4.69) is 32.4 Å². The molecule has 0 atom stereocenters. The van der Waals surface area contributed by atoms with Crippen LogP contribution in [-0.4, -0.2) is 58.4 Å². The van der Waals surface area contributed by atoms with Crippen molar-refractivity contribution < 1.29 is 4.79 Å². The number of pyridine rings is 1. The summed E-state index contributed by atoms with van der Waals surface area (Å²) in [4.78, 5) is 20.6. The molecular weight excluding hydrogens is 352 g/mol. The summed E-state index contributed by atoms with van der Waals surface area (Å²) in [6, 6.07) is 14.2. The second kappa shape index (κ2) is 8.56. The maximum Gasteiger partial charge on any atom is 0.317 e. The minimum absolute atomic E-state index is 0.0162. The average Bonchev–Trinajstić information content (AvgIpc) is 3.30. The van der Waals surface area contributed by atoms with Gasteiger partial charge in [-0.3, -0.25) is 4.98 Å². The van der Waals surface area contributed by atoms with Crippen LogP contribution in [-0.2, 0) is 6.42 Å². The van der Waals surface area contributed by atoms with Gasteiger partial charge >= 0.3 is 6.03 Å². The van der Waals surface area contributed by atoms with Crippen molar-refractivity contribution in [1.82, 2.24) is 25.0 Å². The standard InChI is InChI=1S/C21H24N6O/c28-21(26-16-14-25(15-17-26)19-7-10-22-11-8-19)23-12-6-18-2-4-20(5-3-18)27-13-1-9-24-27/h1-5,7-11,13H,6,12,14-17H2,(H,23,28). The monoisotopic (exact) mass is 376 g/mol. The highest BCUT2D eigenvalue weighted by molar-refractivity contribution is 5.74. The van der Waals surface area contributed by atoms with E-state index in [-0.39, 0.29) is 6.03 Å². The normalized spacial score (nSPS) is 14.1. The Morgan fingerprint density at radius 3 is 2.36 bits per heavy atom. The van der Waals surface area contributed by atoms with Crippen LogP contribution < -0.4 is 10.2 Å². The summed E-state index contributed by atoms with van der Waals surface area (Å²) in [5, 5.41) is 7.26. The van der Waals surface area contributed by atoms with Crippen molar-refractivity contribution in [3.05, 3.63) is 72.8 Å². The fourth-order valence-corrected chi connectivity index (χ4v) is 3.39. The summed E-state index contributed by atoms with van der Waals surface area (Å²) in [5.74, 6) is 0. The Balaban J connectivity index is 1.21. The summed E-state index contributed by atoms with van der Waals surface area (Å²) in [7, 11) is 0. The summed E-state index contributed by atoms with van der Waals surface area (Å²) in [5.41, 5.74) is 3.39. The number of anilines is 1. The minimum Gasteiger partial charge on any atom is -0.368 e. The topological polar surface area (TPSA) is 66.3 Å². The number of amides is 2. The third-order valence-corrected chi connectivity index (χ3v) is 4.99. The maximum atomic E-state index is 12.4. The SMILES string of the molecule is O=C(NCCc1ccc(-n2cccn2)cc1)N1CCN(c2ccncc2)CC1. The van der Waals surface area contributed by atoms with Crippen LogP contribution in [0.5, 0.6) is 0 Å². The van der Waals surface area contributed by atoms with Gasteiger partial charge in [-0.05, 0) is 42.3 Å². The van der Waals surface area contributed by atoms with E-state index in [0.29, 0.717) is 6.54 Å². The molecule has 28 heavy (non-hydrogen) atoms. The molecule has 7 nitrogen and oxygen atoms in total. The van der Waals surface area contributed by atoms with Crippen molar-refractivity contribution in [2.75, 3.05) is 37.6 Å². The van der Waals surface area contributed by atoms with E-state index in [1.165, 1.54) is 5.56 Å². The van der Waals surface area contributed by atoms with Crippen LogP contribution >= 0.6 is 0 Å². The Labute approximate surface area is 164 Å². The molecule has 0 radical (unpaired) electrons. The molecule has 1 fully saturated rings. The molecule has 3 aromatic rings. The molecule has 1 N–H and O–H groups in total. The number of nitrogens with zero attached hydrogens (tertiary/aromatic N) is 5. The quantitative estimate of drug-likeness (QED) is 0.742. The summed E-state index contributed by atoms with van der Waals surface area (Å²) < 4.78 is 1.83. The molecule has 0 spiro atoms. The highest BCUT2D eigenvalue weighted by atomic mass is 16.2. The van der Waals surface area contributed by atoms with E-state index in [1.54, 1.807) is 18.6 Å². The lowest BCUT2D eigenvalue weighted by atomic mass is 10.1. The molecule has 1 saturated heterocycles. The first-order chi connectivity index (χ1) is 13.8. The van der Waals surface area contributed by atoms with E-state index in [1.807, 2.05) is 46.1 Å². The molecule has 7 heteroatoms. The van der Waals surface area contributed by atoms with Crippen LogP contribution in [0.25, 0.3) is 5.69 Å². The number of benzene rings is 1. The number of nitrogens with one attached hydrogen (secondary N) is 1. The van der Waals surface area contributed by atoms with Crippen LogP contribution in [0.2, 0.25) is 0 Å². The Hall–Kier alpha value is -3.35. The molecule has 1 aliphatic rings. The van der Waals surface area contributed by atoms with Crippen LogP contribution in [0.1, 0.15) is 5.56 Å². The predicted molar refractivity (Wildman–Crippen MR) is 109 cm³/mol.